The molecule has 0 aliphatic carbocycles. The van der Waals surface area contributed by atoms with Gasteiger partial charge < -0.3 is 15.4 Å². The summed E-state index contributed by atoms with van der Waals surface area (Å²) < 4.78 is 15.9. The molecule has 92 valence electrons. The van der Waals surface area contributed by atoms with Gasteiger partial charge in [-0.05, 0) is 0 Å². The normalized spacial score (nSPS) is 27.0. The van der Waals surface area contributed by atoms with Crippen LogP contribution < -0.4 is 5.73 Å². The minimum absolute atomic E-state index is 0.124. The molecule has 7 nitrogen and oxygen atoms in total. The molecule has 0 aromatic heterocycles. The first-order valence-electron chi connectivity index (χ1n) is 5.03. The number of hydrogen-bond acceptors (Lipinski definition) is 7. The first-order valence-corrected chi connectivity index (χ1v) is 7.63. The number of nitrogens with two attached hydrogens (primary N) is 1. The topological polar surface area (TPSA) is 92.6 Å². The first kappa shape index (κ1) is 12.5. The Bertz CT molecular complexity index is 399. The van der Waals surface area contributed by atoms with Crippen LogP contribution in [0.2, 0.25) is 0 Å². The lowest BCUT2D eigenvalue weighted by molar-refractivity contribution is 0.152. The van der Waals surface area contributed by atoms with Crippen molar-refractivity contribution in [3.05, 3.63) is 0 Å². The summed E-state index contributed by atoms with van der Waals surface area (Å²) in [5.74, 6) is 0.475. The van der Waals surface area contributed by atoms with Crippen LogP contribution in [0.25, 0.3) is 0 Å². The Labute approximate surface area is 105 Å². The van der Waals surface area contributed by atoms with Crippen LogP contribution in [-0.2, 0) is 9.30 Å². The van der Waals surface area contributed by atoms with Crippen LogP contribution in [0.1, 0.15) is 0 Å². The van der Waals surface area contributed by atoms with E-state index >= 15 is 0 Å². The highest BCUT2D eigenvalue weighted by molar-refractivity contribution is 8.40. The molecule has 0 amide bonds. The van der Waals surface area contributed by atoms with E-state index in [9.17, 15) is 4.57 Å². The van der Waals surface area contributed by atoms with E-state index in [4.69, 9.17) is 10.5 Å². The summed E-state index contributed by atoms with van der Waals surface area (Å²) in [7, 11) is -1.55. The van der Waals surface area contributed by atoms with Crippen LogP contribution in [0.5, 0.6) is 0 Å². The lowest BCUT2D eigenvalue weighted by Crippen LogP contribution is -2.44. The molecule has 0 saturated heterocycles. The number of rotatable bonds is 5. The third kappa shape index (κ3) is 3.02. The number of hydrogen-bond donors (Lipinski definition) is 2. The second-order valence-corrected chi connectivity index (χ2v) is 5.87. The van der Waals surface area contributed by atoms with Gasteiger partial charge in [0.15, 0.2) is 6.17 Å². The maximum Gasteiger partial charge on any atom is 0.435 e. The van der Waals surface area contributed by atoms with Crippen molar-refractivity contribution in [1.29, 1.82) is 0 Å². The molecule has 2 aliphatic heterocycles. The molecule has 2 heterocycles. The molecular weight excluding hydrogens is 261 g/mol. The van der Waals surface area contributed by atoms with E-state index < -0.39 is 7.00 Å². The van der Waals surface area contributed by atoms with Crippen molar-refractivity contribution in [3.8, 4) is 0 Å². The molecule has 0 spiro atoms. The molecule has 0 aromatic carbocycles. The number of amidine groups is 1. The predicted octanol–water partition coefficient (Wildman–Crippen LogP) is 0.0704. The highest BCUT2D eigenvalue weighted by Crippen LogP contribution is 2.24. The molecule has 2 N–H and O–H groups in total. The minimum atomic E-state index is -1.55. The smallest absolute Gasteiger partial charge is 0.385 e. The van der Waals surface area contributed by atoms with E-state index in [1.165, 1.54) is 6.34 Å². The molecule has 0 saturated carbocycles. The lowest BCUT2D eigenvalue weighted by atomic mass is 10.2. The number of ether oxygens (including phenoxy) is 1. The van der Waals surface area contributed by atoms with Gasteiger partial charge in [0.2, 0.25) is 0 Å². The van der Waals surface area contributed by atoms with Gasteiger partial charge in [0, 0.05) is 6.54 Å². The van der Waals surface area contributed by atoms with Crippen LogP contribution in [0.15, 0.2) is 15.0 Å². The molecule has 9 heteroatoms. The lowest BCUT2D eigenvalue weighted by Gasteiger charge is -2.25. The minimum Gasteiger partial charge on any atom is -0.385 e. The van der Waals surface area contributed by atoms with Crippen LogP contribution in [-0.4, -0.2) is 55.1 Å². The molecule has 0 bridgehead atoms. The fourth-order valence-electron chi connectivity index (χ4n) is 1.63. The standard InChI is InChI=1S/C8H12N5O2PS/c9-7-6-8(11-3-10-7)13(4-12-6)1-2-15-5-16(14)17/h3-4,6,8H,1-2,5H2,(H2-,9,10,11,14,17)/p+1. The molecule has 3 atom stereocenters. The van der Waals surface area contributed by atoms with E-state index in [1.807, 2.05) is 4.90 Å². The Balaban J connectivity index is 1.80. The van der Waals surface area contributed by atoms with E-state index in [0.29, 0.717) is 19.0 Å². The molecule has 17 heavy (non-hydrogen) atoms. The highest BCUT2D eigenvalue weighted by Gasteiger charge is 2.34. The molecule has 2 rings (SSSR count). The summed E-state index contributed by atoms with van der Waals surface area (Å²) in [6.07, 6.45) is 3.18. The van der Waals surface area contributed by atoms with E-state index in [1.54, 1.807) is 6.34 Å². The predicted molar refractivity (Wildman–Crippen MR) is 70.3 cm³/mol. The zero-order valence-electron chi connectivity index (χ0n) is 9.01. The van der Waals surface area contributed by atoms with E-state index in [2.05, 4.69) is 27.2 Å². The van der Waals surface area contributed by atoms with Crippen molar-refractivity contribution in [2.45, 2.75) is 12.2 Å². The van der Waals surface area contributed by atoms with Crippen LogP contribution in [0, 0.1) is 0 Å². The number of nitrogens with zero attached hydrogens (tertiary/aromatic N) is 4. The largest absolute Gasteiger partial charge is 0.435 e. The summed E-state index contributed by atoms with van der Waals surface area (Å²) in [6, 6.07) is -0.193. The van der Waals surface area contributed by atoms with Crippen LogP contribution in [0.3, 0.4) is 0 Å². The van der Waals surface area contributed by atoms with Gasteiger partial charge in [0.25, 0.3) is 6.35 Å². The molecule has 0 radical (unpaired) electrons. The van der Waals surface area contributed by atoms with Crippen molar-refractivity contribution in [2.24, 2.45) is 20.7 Å². The second-order valence-electron chi connectivity index (χ2n) is 3.57. The van der Waals surface area contributed by atoms with Crippen molar-refractivity contribution >= 4 is 37.8 Å². The third-order valence-electron chi connectivity index (χ3n) is 2.42. The fourth-order valence-corrected chi connectivity index (χ4v) is 2.16. The maximum atomic E-state index is 10.7. The van der Waals surface area contributed by atoms with Gasteiger partial charge in [0.1, 0.15) is 30.5 Å². The summed E-state index contributed by atoms with van der Waals surface area (Å²) in [5.41, 5.74) is 5.71. The summed E-state index contributed by atoms with van der Waals surface area (Å²) in [5, 5.41) is 0. The number of fused-ring (bicyclic) bond motifs is 1. The average Bonchev–Trinajstić information content (AvgIpc) is 2.69. The molecular formula is C8H13N5O2PS+. The zero-order chi connectivity index (χ0) is 12.3. The van der Waals surface area contributed by atoms with Gasteiger partial charge in [-0.1, -0.05) is 4.57 Å². The molecule has 0 fully saturated rings. The van der Waals surface area contributed by atoms with Gasteiger partial charge >= 0.3 is 7.00 Å². The zero-order valence-corrected chi connectivity index (χ0v) is 10.8. The first-order chi connectivity index (χ1) is 8.18. The Hall–Kier alpha value is -0.980. The van der Waals surface area contributed by atoms with Crippen molar-refractivity contribution in [3.63, 3.8) is 0 Å². The Kier molecular flexibility index (Phi) is 4.09. The fraction of sp³-hybridized carbons (Fsp3) is 0.625. The van der Waals surface area contributed by atoms with E-state index in [-0.39, 0.29) is 18.6 Å². The summed E-state index contributed by atoms with van der Waals surface area (Å²) in [4.78, 5) is 14.3. The van der Waals surface area contributed by atoms with Crippen molar-refractivity contribution in [2.75, 3.05) is 19.5 Å². The average molecular weight is 274 g/mol. The second kappa shape index (κ2) is 5.57. The van der Waals surface area contributed by atoms with E-state index in [0.717, 1.165) is 0 Å². The molecule has 0 aromatic rings. The third-order valence-corrected chi connectivity index (χ3v) is 3.17. The molecule has 3 unspecified atom stereocenters. The Morgan fingerprint density at radius 3 is 3.18 bits per heavy atom. The van der Waals surface area contributed by atoms with Crippen molar-refractivity contribution < 1.29 is 9.30 Å². The van der Waals surface area contributed by atoms with Gasteiger partial charge in [-0.15, -0.1) is 0 Å². The Morgan fingerprint density at radius 1 is 1.59 bits per heavy atom. The SMILES string of the molecule is NC1=NC=NC2C1N=CN2CCOC[P+](=O)S. The van der Waals surface area contributed by atoms with Gasteiger partial charge in [-0.2, -0.15) is 0 Å². The number of aliphatic imine (C=N–C) groups is 3. The van der Waals surface area contributed by atoms with Gasteiger partial charge in [-0.25, -0.2) is 9.98 Å². The summed E-state index contributed by atoms with van der Waals surface area (Å²) >= 11 is 3.76. The maximum absolute atomic E-state index is 10.7. The molecule has 2 aliphatic rings. The van der Waals surface area contributed by atoms with Crippen molar-refractivity contribution in [1.82, 2.24) is 4.90 Å². The van der Waals surface area contributed by atoms with Gasteiger partial charge in [0.05, 0.1) is 12.9 Å². The number of thiol groups is 1. The summed E-state index contributed by atoms with van der Waals surface area (Å²) in [6.45, 7) is 1.07. The van der Waals surface area contributed by atoms with Gasteiger partial charge in [-0.3, -0.25) is 4.99 Å². The monoisotopic (exact) mass is 274 g/mol. The Morgan fingerprint density at radius 2 is 2.41 bits per heavy atom. The highest BCUT2D eigenvalue weighted by atomic mass is 32.7. The van der Waals surface area contributed by atoms with Crippen LogP contribution >= 0.6 is 19.3 Å². The van der Waals surface area contributed by atoms with Crippen LogP contribution in [0.4, 0.5) is 0 Å². The quantitative estimate of drug-likeness (QED) is 0.421.